The van der Waals surface area contributed by atoms with Gasteiger partial charge >= 0.3 is 6.01 Å². The van der Waals surface area contributed by atoms with Crippen LogP contribution in [-0.4, -0.2) is 24.3 Å². The predicted octanol–water partition coefficient (Wildman–Crippen LogP) is 3.71. The number of pyridine rings is 2. The van der Waals surface area contributed by atoms with Crippen molar-refractivity contribution >= 4 is 27.5 Å². The number of fused-ring (bicyclic) bond motifs is 4. The second-order valence-corrected chi connectivity index (χ2v) is 6.09. The molecule has 0 aliphatic carbocycles. The Bertz CT molecular complexity index is 1260. The largest absolute Gasteiger partial charge is 0.457 e. The summed E-state index contributed by atoms with van der Waals surface area (Å²) in [6.07, 6.45) is 5.43. The maximum atomic E-state index is 5.80. The molecule has 5 rings (SSSR count). The van der Waals surface area contributed by atoms with Gasteiger partial charge in [0, 0.05) is 23.5 Å². The smallest absolute Gasteiger partial charge is 0.317 e. The fraction of sp³-hybridized carbons (Fsp3) is 0.100. The van der Waals surface area contributed by atoms with Crippen molar-refractivity contribution in [3.05, 3.63) is 72.4 Å². The third kappa shape index (κ3) is 2.35. The van der Waals surface area contributed by atoms with E-state index in [-0.39, 0.29) is 0 Å². The molecule has 0 atom stereocenters. The van der Waals surface area contributed by atoms with Gasteiger partial charge in [-0.15, -0.1) is 0 Å². The van der Waals surface area contributed by atoms with Crippen LogP contribution >= 0.6 is 0 Å². The third-order valence-electron chi connectivity index (χ3n) is 4.52. The zero-order chi connectivity index (χ0) is 17.5. The molecule has 4 heterocycles. The normalized spacial score (nSPS) is 11.4. The van der Waals surface area contributed by atoms with Gasteiger partial charge in [-0.05, 0) is 30.5 Å². The zero-order valence-corrected chi connectivity index (χ0v) is 14.1. The minimum absolute atomic E-state index is 0.313. The second kappa shape index (κ2) is 5.77. The molecule has 0 saturated heterocycles. The van der Waals surface area contributed by atoms with Gasteiger partial charge in [0.15, 0.2) is 0 Å². The van der Waals surface area contributed by atoms with Crippen LogP contribution in [0.15, 0.2) is 61.1 Å². The molecular weight excluding hydrogens is 326 g/mol. The van der Waals surface area contributed by atoms with Crippen LogP contribution in [0, 0.1) is 6.92 Å². The first-order chi connectivity index (χ1) is 12.8. The van der Waals surface area contributed by atoms with E-state index >= 15 is 0 Å². The molecule has 0 bridgehead atoms. The van der Waals surface area contributed by atoms with Crippen molar-refractivity contribution in [2.24, 2.45) is 0 Å². The fourth-order valence-corrected chi connectivity index (χ4v) is 3.12. The Morgan fingerprint density at radius 2 is 1.88 bits per heavy atom. The molecule has 26 heavy (non-hydrogen) atoms. The molecule has 1 aromatic carbocycles. The Hall–Kier alpha value is -3.54. The highest BCUT2D eigenvalue weighted by molar-refractivity contribution is 5.94. The second-order valence-electron chi connectivity index (χ2n) is 6.09. The molecule has 0 aliphatic rings. The Kier molecular flexibility index (Phi) is 3.28. The summed E-state index contributed by atoms with van der Waals surface area (Å²) in [5, 5.41) is 2.29. The van der Waals surface area contributed by atoms with E-state index in [1.165, 1.54) is 5.39 Å². The van der Waals surface area contributed by atoms with E-state index in [9.17, 15) is 0 Å². The molecule has 0 radical (unpaired) electrons. The molecule has 0 spiro atoms. The molecule has 5 aromatic rings. The summed E-state index contributed by atoms with van der Waals surface area (Å²) in [7, 11) is 0. The molecule has 4 aromatic heterocycles. The first-order valence-corrected chi connectivity index (χ1v) is 8.35. The van der Waals surface area contributed by atoms with Gasteiger partial charge in [-0.2, -0.15) is 4.98 Å². The van der Waals surface area contributed by atoms with Gasteiger partial charge in [0.25, 0.3) is 0 Å². The van der Waals surface area contributed by atoms with Crippen LogP contribution in [0.2, 0.25) is 0 Å². The number of hydrogen-bond donors (Lipinski definition) is 0. The number of rotatable bonds is 3. The Morgan fingerprint density at radius 3 is 2.85 bits per heavy atom. The lowest BCUT2D eigenvalue weighted by Crippen LogP contribution is -2.01. The summed E-state index contributed by atoms with van der Waals surface area (Å²) in [5.41, 5.74) is 4.36. The molecule has 6 nitrogen and oxygen atoms in total. The van der Waals surface area contributed by atoms with Gasteiger partial charge in [-0.3, -0.25) is 4.98 Å². The molecule has 0 N–H and O–H groups in total. The Balaban J connectivity index is 1.50. The highest BCUT2D eigenvalue weighted by Crippen LogP contribution is 2.22. The molecule has 126 valence electrons. The number of aromatic nitrogens is 5. The molecule has 0 aliphatic heterocycles. The van der Waals surface area contributed by atoms with E-state index in [0.717, 1.165) is 33.5 Å². The van der Waals surface area contributed by atoms with Crippen LogP contribution < -0.4 is 4.74 Å². The number of nitrogens with zero attached hydrogens (tertiary/aromatic N) is 5. The summed E-state index contributed by atoms with van der Waals surface area (Å²) >= 11 is 0. The Morgan fingerprint density at radius 1 is 0.962 bits per heavy atom. The van der Waals surface area contributed by atoms with Crippen molar-refractivity contribution in [1.82, 2.24) is 24.3 Å². The van der Waals surface area contributed by atoms with Crippen molar-refractivity contribution in [1.29, 1.82) is 0 Å². The Labute approximate surface area is 149 Å². The number of hydrogen-bond acceptors (Lipinski definition) is 5. The van der Waals surface area contributed by atoms with Crippen molar-refractivity contribution < 1.29 is 4.74 Å². The SMILES string of the molecule is Cc1c(COc2ncc3ncccc3n2)nc2c3ccccc3ccn12. The van der Waals surface area contributed by atoms with Crippen molar-refractivity contribution in [3.63, 3.8) is 0 Å². The van der Waals surface area contributed by atoms with E-state index in [2.05, 4.69) is 37.6 Å². The topological polar surface area (TPSA) is 65.2 Å². The molecule has 0 saturated carbocycles. The molecular formula is C20H15N5O. The summed E-state index contributed by atoms with van der Waals surface area (Å²) < 4.78 is 7.89. The lowest BCUT2D eigenvalue weighted by atomic mass is 10.2. The molecule has 0 unspecified atom stereocenters. The fourth-order valence-electron chi connectivity index (χ4n) is 3.12. The van der Waals surface area contributed by atoms with Crippen LogP contribution in [0.25, 0.3) is 27.5 Å². The van der Waals surface area contributed by atoms with E-state index in [1.54, 1.807) is 12.4 Å². The molecule has 0 fully saturated rings. The lowest BCUT2D eigenvalue weighted by Gasteiger charge is -2.04. The monoisotopic (exact) mass is 341 g/mol. The highest BCUT2D eigenvalue weighted by Gasteiger charge is 2.12. The van der Waals surface area contributed by atoms with Gasteiger partial charge < -0.3 is 9.14 Å². The maximum absolute atomic E-state index is 5.80. The number of ether oxygens (including phenoxy) is 1. The van der Waals surface area contributed by atoms with Gasteiger partial charge in [0.1, 0.15) is 17.8 Å². The quantitative estimate of drug-likeness (QED) is 0.500. The average molecular weight is 341 g/mol. The first kappa shape index (κ1) is 14.8. The van der Waals surface area contributed by atoms with Gasteiger partial charge in [0.05, 0.1) is 17.4 Å². The van der Waals surface area contributed by atoms with Crippen LogP contribution in [0.5, 0.6) is 6.01 Å². The number of benzene rings is 1. The number of imidazole rings is 1. The average Bonchev–Trinajstić information content (AvgIpc) is 3.02. The highest BCUT2D eigenvalue weighted by atomic mass is 16.5. The van der Waals surface area contributed by atoms with Crippen LogP contribution in [-0.2, 0) is 6.61 Å². The van der Waals surface area contributed by atoms with Crippen LogP contribution in [0.4, 0.5) is 0 Å². The minimum Gasteiger partial charge on any atom is -0.457 e. The summed E-state index contributed by atoms with van der Waals surface area (Å²) in [5.74, 6) is 0. The van der Waals surface area contributed by atoms with E-state index in [1.807, 2.05) is 37.4 Å². The minimum atomic E-state index is 0.313. The van der Waals surface area contributed by atoms with Crippen molar-refractivity contribution in [3.8, 4) is 6.01 Å². The molecule has 6 heteroatoms. The van der Waals surface area contributed by atoms with Gasteiger partial charge in [-0.25, -0.2) is 9.97 Å². The van der Waals surface area contributed by atoms with Crippen molar-refractivity contribution in [2.75, 3.05) is 0 Å². The summed E-state index contributed by atoms with van der Waals surface area (Å²) in [6.45, 7) is 2.35. The van der Waals surface area contributed by atoms with Crippen LogP contribution in [0.1, 0.15) is 11.4 Å². The maximum Gasteiger partial charge on any atom is 0.317 e. The predicted molar refractivity (Wildman–Crippen MR) is 99.1 cm³/mol. The van der Waals surface area contributed by atoms with Crippen molar-refractivity contribution in [2.45, 2.75) is 13.5 Å². The van der Waals surface area contributed by atoms with Crippen LogP contribution in [0.3, 0.4) is 0 Å². The number of aryl methyl sites for hydroxylation is 1. The standard InChI is InChI=1S/C20H15N5O/c1-13-18(12-26-20-22-11-17-16(24-20)7-4-9-21-17)23-19-15-6-3-2-5-14(15)8-10-25(13)19/h2-11H,12H2,1H3. The van der Waals surface area contributed by atoms with Gasteiger partial charge in [-0.1, -0.05) is 24.3 Å². The zero-order valence-electron chi connectivity index (χ0n) is 14.1. The van der Waals surface area contributed by atoms with E-state index in [4.69, 9.17) is 9.72 Å². The summed E-state index contributed by atoms with van der Waals surface area (Å²) in [4.78, 5) is 17.6. The van der Waals surface area contributed by atoms with E-state index < -0.39 is 0 Å². The summed E-state index contributed by atoms with van der Waals surface area (Å²) in [6, 6.07) is 14.4. The lowest BCUT2D eigenvalue weighted by molar-refractivity contribution is 0.277. The van der Waals surface area contributed by atoms with E-state index in [0.29, 0.717) is 12.6 Å². The third-order valence-corrected chi connectivity index (χ3v) is 4.52. The van der Waals surface area contributed by atoms with Gasteiger partial charge in [0.2, 0.25) is 0 Å². The molecule has 0 amide bonds. The first-order valence-electron chi connectivity index (χ1n) is 8.35.